The minimum atomic E-state index is -0.278. The van der Waals surface area contributed by atoms with E-state index in [2.05, 4.69) is 21.2 Å². The normalized spacial score (nSPS) is 10.3. The van der Waals surface area contributed by atoms with Crippen molar-refractivity contribution in [3.05, 3.63) is 38.5 Å². The lowest BCUT2D eigenvalue weighted by Gasteiger charge is -2.09. The van der Waals surface area contributed by atoms with Gasteiger partial charge in [0.15, 0.2) is 11.5 Å². The molecule has 1 amide bonds. The quantitative estimate of drug-likeness (QED) is 0.835. The standard InChI is InChI=1S/C13H12BrNO3S/c1-7-6-8(12(14)19-7)13(17)15-9-4-3-5-10(18-2)11(9)16/h3-6,16H,1-2H3,(H,15,17). The lowest BCUT2D eigenvalue weighted by atomic mass is 10.2. The second kappa shape index (κ2) is 5.63. The summed E-state index contributed by atoms with van der Waals surface area (Å²) >= 11 is 4.84. The maximum Gasteiger partial charge on any atom is 0.257 e. The number of aryl methyl sites for hydroxylation is 1. The zero-order valence-electron chi connectivity index (χ0n) is 10.4. The van der Waals surface area contributed by atoms with E-state index in [1.807, 2.05) is 6.92 Å². The molecule has 4 nitrogen and oxygen atoms in total. The largest absolute Gasteiger partial charge is 0.503 e. The molecule has 0 bridgehead atoms. The Hall–Kier alpha value is -1.53. The third kappa shape index (κ3) is 2.90. The number of methoxy groups -OCH3 is 1. The van der Waals surface area contributed by atoms with Gasteiger partial charge >= 0.3 is 0 Å². The van der Waals surface area contributed by atoms with Crippen molar-refractivity contribution in [3.8, 4) is 11.5 Å². The molecule has 2 rings (SSSR count). The van der Waals surface area contributed by atoms with Crippen molar-refractivity contribution in [2.45, 2.75) is 6.92 Å². The Kier molecular flexibility index (Phi) is 4.11. The molecule has 0 aliphatic heterocycles. The summed E-state index contributed by atoms with van der Waals surface area (Å²) in [5.41, 5.74) is 0.866. The number of phenols is 1. The monoisotopic (exact) mass is 341 g/mol. The number of nitrogens with one attached hydrogen (secondary N) is 1. The second-order valence-electron chi connectivity index (χ2n) is 3.85. The molecule has 0 fully saturated rings. The van der Waals surface area contributed by atoms with Gasteiger partial charge in [0.05, 0.1) is 22.1 Å². The third-order valence-electron chi connectivity index (χ3n) is 2.52. The van der Waals surface area contributed by atoms with Gasteiger partial charge in [-0.05, 0) is 41.1 Å². The Morgan fingerprint density at radius 3 is 2.79 bits per heavy atom. The first-order valence-electron chi connectivity index (χ1n) is 5.46. The summed E-state index contributed by atoms with van der Waals surface area (Å²) in [4.78, 5) is 13.1. The Bertz CT molecular complexity index is 624. The van der Waals surface area contributed by atoms with Crippen LogP contribution in [0.2, 0.25) is 0 Å². The molecule has 19 heavy (non-hydrogen) atoms. The van der Waals surface area contributed by atoms with Crippen molar-refractivity contribution < 1.29 is 14.6 Å². The number of carbonyl (C=O) groups is 1. The molecular weight excluding hydrogens is 330 g/mol. The minimum absolute atomic E-state index is 0.0820. The van der Waals surface area contributed by atoms with Crippen LogP contribution in [0, 0.1) is 6.92 Å². The molecule has 2 N–H and O–H groups in total. The Balaban J connectivity index is 2.27. The van der Waals surface area contributed by atoms with Gasteiger partial charge in [0.2, 0.25) is 0 Å². The van der Waals surface area contributed by atoms with E-state index in [1.165, 1.54) is 18.4 Å². The average Bonchev–Trinajstić information content (AvgIpc) is 2.71. The number of thiophene rings is 1. The second-order valence-corrected chi connectivity index (χ2v) is 6.43. The van der Waals surface area contributed by atoms with Crippen LogP contribution in [0.15, 0.2) is 28.1 Å². The van der Waals surface area contributed by atoms with Crippen molar-refractivity contribution in [1.82, 2.24) is 0 Å². The van der Waals surface area contributed by atoms with Crippen molar-refractivity contribution in [2.75, 3.05) is 12.4 Å². The number of carbonyl (C=O) groups excluding carboxylic acids is 1. The summed E-state index contributed by atoms with van der Waals surface area (Å²) in [6.45, 7) is 1.93. The summed E-state index contributed by atoms with van der Waals surface area (Å²) in [6, 6.07) is 6.72. The van der Waals surface area contributed by atoms with Crippen LogP contribution in [0.5, 0.6) is 11.5 Å². The molecular formula is C13H12BrNO3S. The Labute approximate surface area is 123 Å². The maximum absolute atomic E-state index is 12.1. The first kappa shape index (κ1) is 13.9. The number of hydrogen-bond donors (Lipinski definition) is 2. The average molecular weight is 342 g/mol. The van der Waals surface area contributed by atoms with Gasteiger partial charge in [0, 0.05) is 4.88 Å². The van der Waals surface area contributed by atoms with Crippen LogP contribution in [-0.2, 0) is 0 Å². The number of halogens is 1. The molecule has 2 aromatic rings. The van der Waals surface area contributed by atoms with E-state index in [0.717, 1.165) is 8.66 Å². The number of amides is 1. The predicted octanol–water partition coefficient (Wildman–Crippen LogP) is 3.79. The van der Waals surface area contributed by atoms with Crippen LogP contribution in [0.1, 0.15) is 15.2 Å². The first-order chi connectivity index (χ1) is 9.02. The molecule has 0 aliphatic rings. The van der Waals surface area contributed by atoms with Crippen LogP contribution >= 0.6 is 27.3 Å². The molecule has 0 saturated heterocycles. The zero-order chi connectivity index (χ0) is 14.0. The van der Waals surface area contributed by atoms with Crippen LogP contribution in [0.25, 0.3) is 0 Å². The number of para-hydroxylation sites is 1. The van der Waals surface area contributed by atoms with Gasteiger partial charge in [-0.15, -0.1) is 11.3 Å². The molecule has 0 aliphatic carbocycles. The molecule has 1 aromatic heterocycles. The van der Waals surface area contributed by atoms with Gasteiger partial charge in [-0.2, -0.15) is 0 Å². The van der Waals surface area contributed by atoms with Gasteiger partial charge < -0.3 is 15.2 Å². The number of benzene rings is 1. The van der Waals surface area contributed by atoms with Crippen molar-refractivity contribution in [1.29, 1.82) is 0 Å². The van der Waals surface area contributed by atoms with E-state index < -0.39 is 0 Å². The molecule has 100 valence electrons. The zero-order valence-corrected chi connectivity index (χ0v) is 12.8. The van der Waals surface area contributed by atoms with Crippen LogP contribution in [0.3, 0.4) is 0 Å². The fourth-order valence-corrected chi connectivity index (χ4v) is 3.40. The van der Waals surface area contributed by atoms with E-state index in [-0.39, 0.29) is 11.7 Å². The lowest BCUT2D eigenvalue weighted by Crippen LogP contribution is -2.11. The van der Waals surface area contributed by atoms with E-state index >= 15 is 0 Å². The van der Waals surface area contributed by atoms with Crippen molar-refractivity contribution >= 4 is 38.9 Å². The summed E-state index contributed by atoms with van der Waals surface area (Å²) in [5.74, 6) is -0.0421. The van der Waals surface area contributed by atoms with Crippen LogP contribution < -0.4 is 10.1 Å². The minimum Gasteiger partial charge on any atom is -0.503 e. The number of aromatic hydroxyl groups is 1. The van der Waals surface area contributed by atoms with E-state index in [4.69, 9.17) is 4.74 Å². The van der Waals surface area contributed by atoms with Crippen molar-refractivity contribution in [3.63, 3.8) is 0 Å². The maximum atomic E-state index is 12.1. The summed E-state index contributed by atoms with van der Waals surface area (Å²) in [5, 5.41) is 12.6. The molecule has 0 atom stereocenters. The van der Waals surface area contributed by atoms with E-state index in [0.29, 0.717) is 17.0 Å². The number of rotatable bonds is 3. The smallest absolute Gasteiger partial charge is 0.257 e. The van der Waals surface area contributed by atoms with Gasteiger partial charge in [0.25, 0.3) is 5.91 Å². The lowest BCUT2D eigenvalue weighted by molar-refractivity contribution is 0.102. The molecule has 1 aromatic carbocycles. The van der Waals surface area contributed by atoms with Gasteiger partial charge in [-0.3, -0.25) is 4.79 Å². The summed E-state index contributed by atoms with van der Waals surface area (Å²) in [6.07, 6.45) is 0. The highest BCUT2D eigenvalue weighted by Gasteiger charge is 2.16. The highest BCUT2D eigenvalue weighted by atomic mass is 79.9. The molecule has 0 radical (unpaired) electrons. The van der Waals surface area contributed by atoms with Crippen LogP contribution in [-0.4, -0.2) is 18.1 Å². The number of ether oxygens (including phenoxy) is 1. The first-order valence-corrected chi connectivity index (χ1v) is 7.07. The third-order valence-corrected chi connectivity index (χ3v) is 4.27. The van der Waals surface area contributed by atoms with Gasteiger partial charge in [0.1, 0.15) is 0 Å². The van der Waals surface area contributed by atoms with E-state index in [1.54, 1.807) is 24.3 Å². The van der Waals surface area contributed by atoms with Crippen molar-refractivity contribution in [2.24, 2.45) is 0 Å². The molecule has 0 unspecified atom stereocenters. The highest BCUT2D eigenvalue weighted by Crippen LogP contribution is 2.34. The SMILES string of the molecule is COc1cccc(NC(=O)c2cc(C)sc2Br)c1O. The van der Waals surface area contributed by atoms with Crippen LogP contribution in [0.4, 0.5) is 5.69 Å². The van der Waals surface area contributed by atoms with Gasteiger partial charge in [-0.1, -0.05) is 6.07 Å². The Morgan fingerprint density at radius 2 is 2.21 bits per heavy atom. The van der Waals surface area contributed by atoms with E-state index in [9.17, 15) is 9.90 Å². The number of phenolic OH excluding ortho intramolecular Hbond substituents is 1. The molecule has 1 heterocycles. The predicted molar refractivity (Wildman–Crippen MR) is 79.4 cm³/mol. The summed E-state index contributed by atoms with van der Waals surface area (Å²) < 4.78 is 5.76. The highest BCUT2D eigenvalue weighted by molar-refractivity contribution is 9.11. The fourth-order valence-electron chi connectivity index (χ4n) is 1.62. The number of hydrogen-bond acceptors (Lipinski definition) is 4. The Morgan fingerprint density at radius 1 is 1.47 bits per heavy atom. The number of anilines is 1. The topological polar surface area (TPSA) is 58.6 Å². The molecule has 0 spiro atoms. The molecule has 0 saturated carbocycles. The van der Waals surface area contributed by atoms with Gasteiger partial charge in [-0.25, -0.2) is 0 Å². The summed E-state index contributed by atoms with van der Waals surface area (Å²) in [7, 11) is 1.46. The molecule has 6 heteroatoms. The fraction of sp³-hybridized carbons (Fsp3) is 0.154.